The molecule has 5 aromatic carbocycles. The van der Waals surface area contributed by atoms with Crippen LogP contribution >= 0.6 is 0 Å². The standard InChI is InChI=1S/C41H36N4O3/c46-36-20-18-35(19-21-36)45-30-40(43-44-45)39-23-17-31-29-37(22-24-38(31)42-39)48-28-27-47-26-10-25-41(32-11-4-1-5-12-32,33-13-6-2-7-14-33)34-15-8-3-9-16-34/h1-9,11-24,29-30,46H,10,25-28H2. The second-order valence-electron chi connectivity index (χ2n) is 11.7. The third-order valence-electron chi connectivity index (χ3n) is 8.67. The van der Waals surface area contributed by atoms with Gasteiger partial charge in [0, 0.05) is 17.4 Å². The van der Waals surface area contributed by atoms with E-state index in [4.69, 9.17) is 14.5 Å². The fourth-order valence-electron chi connectivity index (χ4n) is 6.31. The van der Waals surface area contributed by atoms with E-state index in [-0.39, 0.29) is 11.2 Å². The Labute approximate surface area is 280 Å². The first-order valence-electron chi connectivity index (χ1n) is 16.2. The van der Waals surface area contributed by atoms with Gasteiger partial charge in [-0.05, 0) is 78.1 Å². The first kappa shape index (κ1) is 30.8. The molecule has 7 nitrogen and oxygen atoms in total. The Bertz CT molecular complexity index is 1970. The van der Waals surface area contributed by atoms with Crippen LogP contribution < -0.4 is 4.74 Å². The summed E-state index contributed by atoms with van der Waals surface area (Å²) in [4.78, 5) is 4.79. The van der Waals surface area contributed by atoms with E-state index < -0.39 is 0 Å². The van der Waals surface area contributed by atoms with Gasteiger partial charge in [0.1, 0.15) is 23.8 Å². The number of benzene rings is 5. The quantitative estimate of drug-likeness (QED) is 0.102. The summed E-state index contributed by atoms with van der Waals surface area (Å²) in [5.41, 5.74) is 6.61. The number of phenolic OH excluding ortho intramolecular Hbond substituents is 1. The summed E-state index contributed by atoms with van der Waals surface area (Å²) < 4.78 is 13.8. The lowest BCUT2D eigenvalue weighted by Gasteiger charge is -2.36. The zero-order valence-electron chi connectivity index (χ0n) is 26.5. The zero-order valence-corrected chi connectivity index (χ0v) is 26.5. The summed E-state index contributed by atoms with van der Waals surface area (Å²) in [5, 5.41) is 19.0. The van der Waals surface area contributed by atoms with E-state index in [9.17, 15) is 5.11 Å². The molecule has 0 saturated heterocycles. The number of rotatable bonds is 13. The molecule has 0 saturated carbocycles. The molecule has 0 bridgehead atoms. The summed E-state index contributed by atoms with van der Waals surface area (Å²) in [7, 11) is 0. The number of pyridine rings is 1. The number of nitrogens with zero attached hydrogens (tertiary/aromatic N) is 4. The fourth-order valence-corrected chi connectivity index (χ4v) is 6.31. The molecular formula is C41H36N4O3. The molecule has 0 aliphatic heterocycles. The van der Waals surface area contributed by atoms with Gasteiger partial charge in [0.25, 0.3) is 0 Å². The molecule has 0 aliphatic carbocycles. The molecule has 7 aromatic rings. The van der Waals surface area contributed by atoms with Crippen molar-refractivity contribution in [2.45, 2.75) is 18.3 Å². The van der Waals surface area contributed by atoms with Gasteiger partial charge in [-0.15, -0.1) is 5.10 Å². The van der Waals surface area contributed by atoms with E-state index in [0.29, 0.717) is 25.5 Å². The number of hydrogen-bond donors (Lipinski definition) is 1. The number of fused-ring (bicyclic) bond motifs is 1. The average molecular weight is 633 g/mol. The molecule has 2 aromatic heterocycles. The molecule has 7 heteroatoms. The van der Waals surface area contributed by atoms with E-state index >= 15 is 0 Å². The lowest BCUT2D eigenvalue weighted by Crippen LogP contribution is -2.30. The molecule has 0 atom stereocenters. The molecule has 0 fully saturated rings. The van der Waals surface area contributed by atoms with Gasteiger partial charge in [0.15, 0.2) is 0 Å². The van der Waals surface area contributed by atoms with Crippen molar-refractivity contribution >= 4 is 10.9 Å². The largest absolute Gasteiger partial charge is 0.508 e. The van der Waals surface area contributed by atoms with Crippen LogP contribution in [0, 0.1) is 0 Å². The summed E-state index contributed by atoms with van der Waals surface area (Å²) in [6, 6.07) is 49.0. The second kappa shape index (κ2) is 14.3. The molecule has 0 aliphatic rings. The number of hydrogen-bond acceptors (Lipinski definition) is 6. The van der Waals surface area contributed by atoms with Gasteiger partial charge in [0.05, 0.1) is 29.7 Å². The normalized spacial score (nSPS) is 11.5. The first-order chi connectivity index (χ1) is 23.7. The third kappa shape index (κ3) is 6.68. The van der Waals surface area contributed by atoms with E-state index in [1.165, 1.54) is 16.7 Å². The maximum absolute atomic E-state index is 9.55. The van der Waals surface area contributed by atoms with Gasteiger partial charge in [-0.2, -0.15) is 0 Å². The molecule has 0 spiro atoms. The van der Waals surface area contributed by atoms with E-state index in [0.717, 1.165) is 40.9 Å². The maximum atomic E-state index is 9.55. The molecule has 7 rings (SSSR count). The summed E-state index contributed by atoms with van der Waals surface area (Å²) >= 11 is 0. The minimum Gasteiger partial charge on any atom is -0.508 e. The number of aromatic nitrogens is 4. The Hall–Kier alpha value is -5.79. The molecule has 238 valence electrons. The van der Waals surface area contributed by atoms with Crippen molar-refractivity contribution in [1.29, 1.82) is 0 Å². The van der Waals surface area contributed by atoms with Crippen molar-refractivity contribution < 1.29 is 14.6 Å². The minimum atomic E-state index is -0.272. The third-order valence-corrected chi connectivity index (χ3v) is 8.67. The smallest absolute Gasteiger partial charge is 0.131 e. The zero-order chi connectivity index (χ0) is 32.6. The van der Waals surface area contributed by atoms with Crippen LogP contribution in [0.1, 0.15) is 29.5 Å². The molecule has 0 radical (unpaired) electrons. The van der Waals surface area contributed by atoms with Crippen LogP contribution in [-0.2, 0) is 10.2 Å². The van der Waals surface area contributed by atoms with Crippen molar-refractivity contribution in [3.63, 3.8) is 0 Å². The minimum absolute atomic E-state index is 0.204. The van der Waals surface area contributed by atoms with Crippen LogP contribution in [0.4, 0.5) is 0 Å². The van der Waals surface area contributed by atoms with Gasteiger partial charge in [-0.3, -0.25) is 0 Å². The number of aromatic hydroxyl groups is 1. The van der Waals surface area contributed by atoms with Gasteiger partial charge in [0.2, 0.25) is 0 Å². The van der Waals surface area contributed by atoms with Crippen LogP contribution in [0.25, 0.3) is 28.0 Å². The highest BCUT2D eigenvalue weighted by Crippen LogP contribution is 2.43. The highest BCUT2D eigenvalue weighted by Gasteiger charge is 2.35. The molecule has 0 unspecified atom stereocenters. The Morgan fingerprint density at radius 1 is 0.625 bits per heavy atom. The van der Waals surface area contributed by atoms with Crippen molar-refractivity contribution in [2.75, 3.05) is 19.8 Å². The summed E-state index contributed by atoms with van der Waals surface area (Å²) in [6.45, 7) is 1.60. The highest BCUT2D eigenvalue weighted by atomic mass is 16.5. The Morgan fingerprint density at radius 3 is 1.92 bits per heavy atom. The average Bonchev–Trinajstić information content (AvgIpc) is 3.65. The highest BCUT2D eigenvalue weighted by molar-refractivity contribution is 5.82. The lowest BCUT2D eigenvalue weighted by molar-refractivity contribution is 0.0956. The summed E-state index contributed by atoms with van der Waals surface area (Å²) in [5.74, 6) is 0.977. The molecular weight excluding hydrogens is 596 g/mol. The van der Waals surface area contributed by atoms with Gasteiger partial charge in [-0.1, -0.05) is 102 Å². The van der Waals surface area contributed by atoms with Crippen molar-refractivity contribution in [1.82, 2.24) is 20.0 Å². The van der Waals surface area contributed by atoms with E-state index in [2.05, 4.69) is 101 Å². The number of ether oxygens (including phenoxy) is 2. The van der Waals surface area contributed by atoms with Crippen molar-refractivity contribution in [3.05, 3.63) is 168 Å². The van der Waals surface area contributed by atoms with Crippen LogP contribution in [0.15, 0.2) is 152 Å². The van der Waals surface area contributed by atoms with Crippen LogP contribution in [0.2, 0.25) is 0 Å². The molecule has 48 heavy (non-hydrogen) atoms. The van der Waals surface area contributed by atoms with Crippen LogP contribution in [0.3, 0.4) is 0 Å². The number of phenols is 1. The Morgan fingerprint density at radius 2 is 1.27 bits per heavy atom. The van der Waals surface area contributed by atoms with E-state index in [1.54, 1.807) is 28.9 Å². The predicted octanol–water partition coefficient (Wildman–Crippen LogP) is 8.40. The van der Waals surface area contributed by atoms with Crippen molar-refractivity contribution in [3.8, 4) is 28.6 Å². The van der Waals surface area contributed by atoms with Gasteiger partial charge in [-0.25, -0.2) is 9.67 Å². The van der Waals surface area contributed by atoms with Gasteiger partial charge < -0.3 is 14.6 Å². The fraction of sp³-hybridized carbons (Fsp3) is 0.146. The molecule has 1 N–H and O–H groups in total. The van der Waals surface area contributed by atoms with Crippen LogP contribution in [-0.4, -0.2) is 44.9 Å². The van der Waals surface area contributed by atoms with Gasteiger partial charge >= 0.3 is 0 Å². The SMILES string of the molecule is Oc1ccc(-n2cc(-c3ccc4cc(OCCOCCCC(c5ccccc5)(c5ccccc5)c5ccccc5)ccc4n3)nn2)cc1. The second-order valence-corrected chi connectivity index (χ2v) is 11.7. The molecule has 2 heterocycles. The maximum Gasteiger partial charge on any atom is 0.131 e. The Balaban J connectivity index is 0.953. The van der Waals surface area contributed by atoms with Crippen molar-refractivity contribution in [2.24, 2.45) is 0 Å². The van der Waals surface area contributed by atoms with E-state index in [1.807, 2.05) is 36.5 Å². The predicted molar refractivity (Wildman–Crippen MR) is 189 cm³/mol. The lowest BCUT2D eigenvalue weighted by atomic mass is 9.67. The Kier molecular flexibility index (Phi) is 9.20. The first-order valence-corrected chi connectivity index (χ1v) is 16.2. The summed E-state index contributed by atoms with van der Waals surface area (Å²) in [6.07, 6.45) is 3.63. The monoisotopic (exact) mass is 632 g/mol. The topological polar surface area (TPSA) is 82.3 Å². The van der Waals surface area contributed by atoms with Crippen LogP contribution in [0.5, 0.6) is 11.5 Å². The molecule has 0 amide bonds.